The first-order chi connectivity index (χ1) is 9.74. The molecule has 0 aliphatic carbocycles. The molecule has 20 heavy (non-hydrogen) atoms. The number of anilines is 1. The van der Waals surface area contributed by atoms with Gasteiger partial charge >= 0.3 is 0 Å². The number of hydrogen-bond acceptors (Lipinski definition) is 4. The first-order valence-electron chi connectivity index (χ1n) is 7.20. The van der Waals surface area contributed by atoms with Gasteiger partial charge < -0.3 is 15.2 Å². The monoisotopic (exact) mass is 271 g/mol. The highest BCUT2D eigenvalue weighted by atomic mass is 15.2. The summed E-state index contributed by atoms with van der Waals surface area (Å²) in [4.78, 5) is 11.0. The highest BCUT2D eigenvalue weighted by molar-refractivity contribution is 5.59. The first kappa shape index (κ1) is 13.1. The molecule has 106 valence electrons. The van der Waals surface area contributed by atoms with Crippen molar-refractivity contribution in [1.29, 1.82) is 0 Å². The van der Waals surface area contributed by atoms with E-state index >= 15 is 0 Å². The molecule has 5 nitrogen and oxygen atoms in total. The summed E-state index contributed by atoms with van der Waals surface area (Å²) < 4.78 is 2.23. The van der Waals surface area contributed by atoms with Crippen LogP contribution in [0.3, 0.4) is 0 Å². The Labute approximate surface area is 119 Å². The summed E-state index contributed by atoms with van der Waals surface area (Å²) in [5.74, 6) is 0.546. The average Bonchev–Trinajstić information content (AvgIpc) is 3.10. The zero-order valence-corrected chi connectivity index (χ0v) is 11.9. The van der Waals surface area contributed by atoms with E-state index in [2.05, 4.69) is 26.4 Å². The minimum absolute atomic E-state index is 0.406. The summed E-state index contributed by atoms with van der Waals surface area (Å²) in [6, 6.07) is 4.24. The van der Waals surface area contributed by atoms with E-state index < -0.39 is 0 Å². The summed E-state index contributed by atoms with van der Waals surface area (Å²) in [5, 5.41) is 0. The molecule has 2 aromatic rings. The van der Waals surface area contributed by atoms with Crippen molar-refractivity contribution in [3.05, 3.63) is 30.9 Å². The van der Waals surface area contributed by atoms with Crippen LogP contribution in [-0.2, 0) is 0 Å². The third-order valence-electron chi connectivity index (χ3n) is 3.94. The molecule has 1 aliphatic heterocycles. The number of nitrogens with two attached hydrogens (primary N) is 1. The molecule has 1 saturated heterocycles. The van der Waals surface area contributed by atoms with Crippen molar-refractivity contribution in [2.24, 2.45) is 0 Å². The summed E-state index contributed by atoms with van der Waals surface area (Å²) in [6.07, 6.45) is 8.27. The van der Waals surface area contributed by atoms with E-state index in [-0.39, 0.29) is 0 Å². The zero-order chi connectivity index (χ0) is 13.9. The Morgan fingerprint density at radius 2 is 2.05 bits per heavy atom. The van der Waals surface area contributed by atoms with Crippen LogP contribution in [0.4, 0.5) is 5.82 Å². The fraction of sp³-hybridized carbons (Fsp3) is 0.467. The molecule has 5 heteroatoms. The number of pyridine rings is 1. The number of imidazole rings is 1. The number of likely N-dealkylation sites (tertiary alicyclic amines) is 1. The fourth-order valence-corrected chi connectivity index (χ4v) is 2.86. The van der Waals surface area contributed by atoms with E-state index in [0.29, 0.717) is 11.9 Å². The summed E-state index contributed by atoms with van der Waals surface area (Å²) in [6.45, 7) is 5.76. The largest absolute Gasteiger partial charge is 0.384 e. The van der Waals surface area contributed by atoms with Gasteiger partial charge in [-0.25, -0.2) is 9.97 Å². The van der Waals surface area contributed by atoms with E-state index in [9.17, 15) is 0 Å². The average molecular weight is 271 g/mol. The van der Waals surface area contributed by atoms with Crippen LogP contribution in [0.5, 0.6) is 0 Å². The van der Waals surface area contributed by atoms with E-state index in [4.69, 9.17) is 5.73 Å². The second-order valence-corrected chi connectivity index (χ2v) is 5.51. The van der Waals surface area contributed by atoms with Crippen molar-refractivity contribution < 1.29 is 0 Å². The molecule has 0 spiro atoms. The molecule has 0 amide bonds. The molecular formula is C15H21N5. The maximum atomic E-state index is 5.65. The van der Waals surface area contributed by atoms with Gasteiger partial charge in [-0.05, 0) is 45.0 Å². The van der Waals surface area contributed by atoms with Gasteiger partial charge in [0.2, 0.25) is 0 Å². The van der Waals surface area contributed by atoms with Gasteiger partial charge in [-0.3, -0.25) is 0 Å². The van der Waals surface area contributed by atoms with Gasteiger partial charge in [0.15, 0.2) is 0 Å². The van der Waals surface area contributed by atoms with Crippen LogP contribution in [-0.4, -0.2) is 39.1 Å². The van der Waals surface area contributed by atoms with Crippen molar-refractivity contribution in [2.75, 3.05) is 25.4 Å². The Bertz CT molecular complexity index is 554. The van der Waals surface area contributed by atoms with Crippen LogP contribution in [0.25, 0.3) is 11.3 Å². The van der Waals surface area contributed by atoms with Crippen molar-refractivity contribution >= 4 is 5.82 Å². The number of nitrogens with zero attached hydrogens (tertiary/aromatic N) is 4. The summed E-state index contributed by atoms with van der Waals surface area (Å²) in [7, 11) is 0. The molecule has 1 unspecified atom stereocenters. The Hall–Kier alpha value is -1.88. The van der Waals surface area contributed by atoms with Crippen molar-refractivity contribution in [1.82, 2.24) is 19.4 Å². The van der Waals surface area contributed by atoms with Gasteiger partial charge in [0.05, 0.1) is 18.2 Å². The first-order valence-corrected chi connectivity index (χ1v) is 7.20. The van der Waals surface area contributed by atoms with Gasteiger partial charge in [-0.2, -0.15) is 0 Å². The Morgan fingerprint density at radius 1 is 1.25 bits per heavy atom. The molecule has 1 fully saturated rings. The lowest BCUT2D eigenvalue weighted by Crippen LogP contribution is -2.27. The van der Waals surface area contributed by atoms with Gasteiger partial charge in [-0.15, -0.1) is 0 Å². The van der Waals surface area contributed by atoms with Crippen molar-refractivity contribution in [3.63, 3.8) is 0 Å². The molecule has 0 radical (unpaired) electrons. The predicted molar refractivity (Wildman–Crippen MR) is 80.3 cm³/mol. The van der Waals surface area contributed by atoms with Crippen LogP contribution < -0.4 is 5.73 Å². The highest BCUT2D eigenvalue weighted by Crippen LogP contribution is 2.23. The Kier molecular flexibility index (Phi) is 3.69. The van der Waals surface area contributed by atoms with E-state index in [0.717, 1.165) is 17.8 Å². The predicted octanol–water partition coefficient (Wildman–Crippen LogP) is 2.18. The SMILES string of the molecule is CC(CN1CCCC1)n1cncc1-c1ccc(N)nc1. The zero-order valence-electron chi connectivity index (χ0n) is 11.9. The highest BCUT2D eigenvalue weighted by Gasteiger charge is 2.17. The van der Waals surface area contributed by atoms with Crippen LogP contribution in [0.2, 0.25) is 0 Å². The maximum absolute atomic E-state index is 5.65. The molecule has 3 heterocycles. The second-order valence-electron chi connectivity index (χ2n) is 5.51. The molecule has 1 atom stereocenters. The standard InChI is InChI=1S/C15H21N5/c1-12(10-19-6-2-3-7-19)20-11-17-9-14(20)13-4-5-15(16)18-8-13/h4-5,8-9,11-12H,2-3,6-7,10H2,1H3,(H2,16,18). The molecular weight excluding hydrogens is 250 g/mol. The molecule has 0 aromatic carbocycles. The second kappa shape index (κ2) is 5.63. The van der Waals surface area contributed by atoms with Gasteiger partial charge in [-0.1, -0.05) is 0 Å². The number of nitrogen functional groups attached to an aromatic ring is 1. The third-order valence-corrected chi connectivity index (χ3v) is 3.94. The number of aromatic nitrogens is 3. The lowest BCUT2D eigenvalue weighted by atomic mass is 10.2. The molecule has 0 saturated carbocycles. The summed E-state index contributed by atoms with van der Waals surface area (Å²) >= 11 is 0. The third kappa shape index (κ3) is 2.67. The molecule has 2 N–H and O–H groups in total. The number of hydrogen-bond donors (Lipinski definition) is 1. The van der Waals surface area contributed by atoms with E-state index in [1.54, 1.807) is 0 Å². The lowest BCUT2D eigenvalue weighted by molar-refractivity contribution is 0.288. The lowest BCUT2D eigenvalue weighted by Gasteiger charge is -2.22. The van der Waals surface area contributed by atoms with Gasteiger partial charge in [0, 0.05) is 24.3 Å². The molecule has 0 bridgehead atoms. The summed E-state index contributed by atoms with van der Waals surface area (Å²) in [5.41, 5.74) is 7.81. The molecule has 3 rings (SSSR count). The Balaban J connectivity index is 1.80. The van der Waals surface area contributed by atoms with E-state index in [1.165, 1.54) is 25.9 Å². The van der Waals surface area contributed by atoms with Crippen LogP contribution in [0.1, 0.15) is 25.8 Å². The van der Waals surface area contributed by atoms with Crippen molar-refractivity contribution in [2.45, 2.75) is 25.8 Å². The maximum Gasteiger partial charge on any atom is 0.123 e. The normalized spacial score (nSPS) is 17.4. The smallest absolute Gasteiger partial charge is 0.123 e. The topological polar surface area (TPSA) is 60.0 Å². The van der Waals surface area contributed by atoms with Crippen LogP contribution >= 0.6 is 0 Å². The van der Waals surface area contributed by atoms with Crippen LogP contribution in [0, 0.1) is 0 Å². The molecule has 2 aromatic heterocycles. The number of rotatable bonds is 4. The minimum Gasteiger partial charge on any atom is -0.384 e. The van der Waals surface area contributed by atoms with Gasteiger partial charge in [0.1, 0.15) is 5.82 Å². The fourth-order valence-electron chi connectivity index (χ4n) is 2.86. The minimum atomic E-state index is 0.406. The van der Waals surface area contributed by atoms with Gasteiger partial charge in [0.25, 0.3) is 0 Å². The van der Waals surface area contributed by atoms with Crippen molar-refractivity contribution in [3.8, 4) is 11.3 Å². The van der Waals surface area contributed by atoms with E-state index in [1.807, 2.05) is 30.9 Å². The Morgan fingerprint density at radius 3 is 2.75 bits per heavy atom. The quantitative estimate of drug-likeness (QED) is 0.926. The van der Waals surface area contributed by atoms with Crippen LogP contribution in [0.15, 0.2) is 30.9 Å². The molecule has 1 aliphatic rings.